The molecule has 1 heterocycles. The molecule has 2 rings (SSSR count). The molecule has 0 aliphatic carbocycles. The number of hydrogen-bond donors (Lipinski definition) is 1. The molecular formula is C13H11F3N2O2S. The number of benzene rings is 1. The first-order valence-corrected chi connectivity index (χ1v) is 7.26. The van der Waals surface area contributed by atoms with E-state index in [0.29, 0.717) is 5.56 Å². The predicted octanol–water partition coefficient (Wildman–Crippen LogP) is 2.58. The maximum Gasteiger partial charge on any atom is 0.433 e. The maximum absolute atomic E-state index is 12.8. The Labute approximate surface area is 120 Å². The van der Waals surface area contributed by atoms with Crippen LogP contribution in [0.25, 0.3) is 11.3 Å². The van der Waals surface area contributed by atoms with Gasteiger partial charge < -0.3 is 0 Å². The van der Waals surface area contributed by atoms with Crippen molar-refractivity contribution < 1.29 is 21.6 Å². The summed E-state index contributed by atoms with van der Waals surface area (Å²) in [6, 6.07) is 7.53. The van der Waals surface area contributed by atoms with Gasteiger partial charge in [-0.25, -0.2) is 18.4 Å². The van der Waals surface area contributed by atoms with Gasteiger partial charge in [0.25, 0.3) is 0 Å². The number of aromatic nitrogens is 2. The van der Waals surface area contributed by atoms with E-state index in [4.69, 9.17) is 0 Å². The van der Waals surface area contributed by atoms with Gasteiger partial charge in [0, 0.05) is 5.56 Å². The van der Waals surface area contributed by atoms with E-state index >= 15 is 0 Å². The molecule has 0 radical (unpaired) electrons. The minimum Gasteiger partial charge on any atom is -0.232 e. The summed E-state index contributed by atoms with van der Waals surface area (Å²) in [5.74, 6) is -0.991. The average Bonchev–Trinajstić information content (AvgIpc) is 2.37. The molecule has 0 amide bonds. The molecule has 112 valence electrons. The summed E-state index contributed by atoms with van der Waals surface area (Å²) in [7, 11) is -2.90. The van der Waals surface area contributed by atoms with Crippen molar-refractivity contribution in [1.82, 2.24) is 9.97 Å². The van der Waals surface area contributed by atoms with Crippen LogP contribution in [0.3, 0.4) is 0 Å². The van der Waals surface area contributed by atoms with Gasteiger partial charge >= 0.3 is 6.18 Å². The highest BCUT2D eigenvalue weighted by atomic mass is 32.2. The lowest BCUT2D eigenvalue weighted by molar-refractivity contribution is -0.141. The van der Waals surface area contributed by atoms with Crippen molar-refractivity contribution >= 4 is 10.7 Å². The molecule has 0 saturated carbocycles. The van der Waals surface area contributed by atoms with E-state index in [-0.39, 0.29) is 11.5 Å². The van der Waals surface area contributed by atoms with E-state index in [0.717, 1.165) is 11.6 Å². The highest BCUT2D eigenvalue weighted by molar-refractivity contribution is 7.71. The Hall–Kier alpha value is -1.96. The first-order valence-electron chi connectivity index (χ1n) is 5.90. The Morgan fingerprint density at radius 1 is 1.10 bits per heavy atom. The Kier molecular flexibility index (Phi) is 4.26. The zero-order valence-electron chi connectivity index (χ0n) is 10.9. The zero-order valence-corrected chi connectivity index (χ0v) is 11.8. The van der Waals surface area contributed by atoms with Crippen molar-refractivity contribution in [3.63, 3.8) is 0 Å². The summed E-state index contributed by atoms with van der Waals surface area (Å²) in [5.41, 5.74) is 0.312. The first kappa shape index (κ1) is 15.4. The van der Waals surface area contributed by atoms with Crippen LogP contribution in [-0.2, 0) is 22.6 Å². The molecule has 2 aromatic rings. The maximum atomic E-state index is 12.8. The number of alkyl halides is 3. The summed E-state index contributed by atoms with van der Waals surface area (Å²) < 4.78 is 59.9. The molecular weight excluding hydrogens is 305 g/mol. The number of aryl methyl sites for hydroxylation is 1. The normalized spacial score (nSPS) is 11.9. The lowest BCUT2D eigenvalue weighted by atomic mass is 10.1. The van der Waals surface area contributed by atoms with Crippen molar-refractivity contribution in [2.24, 2.45) is 0 Å². The molecule has 21 heavy (non-hydrogen) atoms. The second-order valence-electron chi connectivity index (χ2n) is 4.41. The Morgan fingerprint density at radius 2 is 1.71 bits per heavy atom. The summed E-state index contributed by atoms with van der Waals surface area (Å²) in [4.78, 5) is 7.16. The lowest BCUT2D eigenvalue weighted by Gasteiger charge is -2.10. The predicted molar refractivity (Wildman–Crippen MR) is 71.2 cm³/mol. The fourth-order valence-electron chi connectivity index (χ4n) is 1.70. The number of rotatable bonds is 3. The van der Waals surface area contributed by atoms with Crippen LogP contribution in [0.15, 0.2) is 30.3 Å². The monoisotopic (exact) mass is 316 g/mol. The summed E-state index contributed by atoms with van der Waals surface area (Å²) in [5, 5.41) is 0. The number of halogens is 3. The van der Waals surface area contributed by atoms with Gasteiger partial charge in [-0.3, -0.25) is 0 Å². The molecule has 0 spiro atoms. The number of hydrogen-bond acceptors (Lipinski definition) is 4. The number of thiol groups is 1. The molecule has 4 nitrogen and oxygen atoms in total. The Morgan fingerprint density at radius 3 is 2.24 bits per heavy atom. The van der Waals surface area contributed by atoms with Gasteiger partial charge in [-0.15, -0.1) is 0 Å². The van der Waals surface area contributed by atoms with Crippen molar-refractivity contribution in [2.75, 3.05) is 0 Å². The fraction of sp³-hybridized carbons (Fsp3) is 0.231. The molecule has 0 aliphatic heterocycles. The standard InChI is InChI=1S/C13H11F3N2O2S/c1-8-2-4-9(5-3-8)10-6-11(13(14,15)16)18-12(17-10)7-21(19)20/h2-6,21H,7H2,1H3. The molecule has 0 unspecified atom stereocenters. The minimum absolute atomic E-state index is 0.0455. The van der Waals surface area contributed by atoms with E-state index in [2.05, 4.69) is 9.97 Å². The molecule has 1 aromatic carbocycles. The van der Waals surface area contributed by atoms with Gasteiger partial charge in [0.15, 0.2) is 0 Å². The quantitative estimate of drug-likeness (QED) is 0.884. The van der Waals surface area contributed by atoms with Crippen LogP contribution in [0.2, 0.25) is 0 Å². The molecule has 8 heteroatoms. The first-order chi connectivity index (χ1) is 9.75. The van der Waals surface area contributed by atoms with Crippen LogP contribution in [0.4, 0.5) is 13.2 Å². The van der Waals surface area contributed by atoms with Crippen LogP contribution in [0, 0.1) is 6.92 Å². The van der Waals surface area contributed by atoms with Crippen molar-refractivity contribution in [2.45, 2.75) is 18.9 Å². The van der Waals surface area contributed by atoms with Gasteiger partial charge in [0.2, 0.25) is 0 Å². The smallest absolute Gasteiger partial charge is 0.232 e. The van der Waals surface area contributed by atoms with E-state index in [9.17, 15) is 21.6 Å². The Bertz CT molecular complexity index is 717. The van der Waals surface area contributed by atoms with Gasteiger partial charge in [-0.2, -0.15) is 13.2 Å². The van der Waals surface area contributed by atoms with Crippen molar-refractivity contribution in [3.8, 4) is 11.3 Å². The van der Waals surface area contributed by atoms with Crippen LogP contribution < -0.4 is 0 Å². The molecule has 1 aromatic heterocycles. The highest BCUT2D eigenvalue weighted by Gasteiger charge is 2.33. The lowest BCUT2D eigenvalue weighted by Crippen LogP contribution is -2.12. The van der Waals surface area contributed by atoms with Crippen LogP contribution in [0.1, 0.15) is 17.1 Å². The fourth-order valence-corrected chi connectivity index (χ4v) is 2.07. The highest BCUT2D eigenvalue weighted by Crippen LogP contribution is 2.30. The van der Waals surface area contributed by atoms with Gasteiger partial charge in [-0.05, 0) is 13.0 Å². The van der Waals surface area contributed by atoms with E-state index < -0.39 is 28.3 Å². The van der Waals surface area contributed by atoms with E-state index in [1.165, 1.54) is 0 Å². The third kappa shape index (κ3) is 4.01. The topological polar surface area (TPSA) is 59.9 Å². The summed E-state index contributed by atoms with van der Waals surface area (Å²) >= 11 is 0. The van der Waals surface area contributed by atoms with E-state index in [1.54, 1.807) is 24.3 Å². The number of nitrogens with zero attached hydrogens (tertiary/aromatic N) is 2. The second kappa shape index (κ2) is 5.80. The van der Waals surface area contributed by atoms with Crippen molar-refractivity contribution in [3.05, 3.63) is 47.4 Å². The van der Waals surface area contributed by atoms with E-state index in [1.807, 2.05) is 6.92 Å². The van der Waals surface area contributed by atoms with Gasteiger partial charge in [0.1, 0.15) is 28.0 Å². The minimum atomic E-state index is -4.66. The molecule has 0 saturated heterocycles. The molecule has 0 bridgehead atoms. The molecule has 0 fully saturated rings. The summed E-state index contributed by atoms with van der Waals surface area (Å²) in [6.07, 6.45) is -4.66. The summed E-state index contributed by atoms with van der Waals surface area (Å²) in [6.45, 7) is 1.85. The Balaban J connectivity index is 2.56. The second-order valence-corrected chi connectivity index (χ2v) is 5.39. The van der Waals surface area contributed by atoms with Crippen molar-refractivity contribution in [1.29, 1.82) is 0 Å². The van der Waals surface area contributed by atoms with Crippen LogP contribution in [-0.4, -0.2) is 18.4 Å². The van der Waals surface area contributed by atoms with Gasteiger partial charge in [0.05, 0.1) is 5.69 Å². The van der Waals surface area contributed by atoms with Gasteiger partial charge in [-0.1, -0.05) is 29.8 Å². The third-order valence-electron chi connectivity index (χ3n) is 2.68. The molecule has 0 N–H and O–H groups in total. The molecule has 0 atom stereocenters. The SMILES string of the molecule is Cc1ccc(-c2cc(C(F)(F)F)nc(C[SH](=O)=O)n2)cc1. The largest absolute Gasteiger partial charge is 0.433 e. The zero-order chi connectivity index (χ0) is 15.6. The third-order valence-corrected chi connectivity index (χ3v) is 3.22. The molecule has 0 aliphatic rings. The van der Waals surface area contributed by atoms with Crippen LogP contribution >= 0.6 is 0 Å². The van der Waals surface area contributed by atoms with Crippen LogP contribution in [0.5, 0.6) is 0 Å². The average molecular weight is 316 g/mol.